The van der Waals surface area contributed by atoms with Crippen LogP contribution in [0.3, 0.4) is 0 Å². The Kier molecular flexibility index (Phi) is 14.9. The Bertz CT molecular complexity index is 11.4. The molecule has 0 amide bonds. The van der Waals surface area contributed by atoms with Gasteiger partial charge in [0, 0.05) is 0 Å². The number of hydrogen-bond acceptors (Lipinski definition) is 0. The first-order valence-electron chi connectivity index (χ1n) is 2.41. The Balaban J connectivity index is 0. The van der Waals surface area contributed by atoms with Crippen LogP contribution in [0.4, 0.5) is 0 Å². The first kappa shape index (κ1) is 9.78. The molecule has 0 atom stereocenters. The third kappa shape index (κ3) is 8.82. The van der Waals surface area contributed by atoms with Gasteiger partial charge in [-0.2, -0.15) is 0 Å². The minimum atomic E-state index is 0. The fourth-order valence-corrected chi connectivity index (χ4v) is 0.354. The number of hydrogen-bond donors (Lipinski definition) is 0. The van der Waals surface area contributed by atoms with Crippen molar-refractivity contribution in [1.82, 2.24) is 0 Å². The molecule has 34 valence electrons. The van der Waals surface area contributed by atoms with Gasteiger partial charge in [-0.15, -0.1) is 0 Å². The second kappa shape index (κ2) is 9.14. The molecule has 0 saturated carbocycles. The molecule has 0 nitrogen and oxygen atoms in total. The Morgan fingerprint density at radius 1 is 1.00 bits per heavy atom. The topological polar surface area (TPSA) is 0 Å². The molecule has 0 aliphatic carbocycles. The van der Waals surface area contributed by atoms with Crippen LogP contribution in [0, 0.1) is 0 Å². The van der Waals surface area contributed by atoms with Crippen molar-refractivity contribution in [2.45, 2.75) is 33.1 Å². The van der Waals surface area contributed by atoms with Crippen molar-refractivity contribution < 1.29 is 0 Å². The molecule has 0 bridgehead atoms. The molecular weight excluding hydrogens is 67.0 g/mol. The van der Waals surface area contributed by atoms with Gasteiger partial charge in [0.1, 0.15) is 0 Å². The van der Waals surface area contributed by atoms with Crippen LogP contribution in [-0.2, 0) is 0 Å². The molecule has 0 fully saturated rings. The zero-order chi connectivity index (χ0) is 4.12. The standard InChI is InChI=1S/C5H12.Li.H/c1-3-5-4-2;;/h3-5H2,1-2H3;;. The molecular formula is C5H13Li. The zero-order valence-corrected chi connectivity index (χ0v) is 4.12. The summed E-state index contributed by atoms with van der Waals surface area (Å²) >= 11 is 0. The van der Waals surface area contributed by atoms with Gasteiger partial charge in [-0.05, 0) is 0 Å². The van der Waals surface area contributed by atoms with E-state index in [2.05, 4.69) is 13.8 Å². The van der Waals surface area contributed by atoms with E-state index in [-0.39, 0.29) is 18.9 Å². The average molecular weight is 80.1 g/mol. The van der Waals surface area contributed by atoms with E-state index in [1.165, 1.54) is 19.3 Å². The molecule has 6 heavy (non-hydrogen) atoms. The summed E-state index contributed by atoms with van der Waals surface area (Å²) in [7, 11) is 0. The van der Waals surface area contributed by atoms with Crippen molar-refractivity contribution in [3.63, 3.8) is 0 Å². The van der Waals surface area contributed by atoms with Gasteiger partial charge in [0.25, 0.3) is 0 Å². The predicted molar refractivity (Wildman–Crippen MR) is 32.3 cm³/mol. The van der Waals surface area contributed by atoms with Crippen molar-refractivity contribution in [2.75, 3.05) is 0 Å². The van der Waals surface area contributed by atoms with Crippen molar-refractivity contribution >= 4 is 18.9 Å². The van der Waals surface area contributed by atoms with Crippen LogP contribution in [-0.4, -0.2) is 18.9 Å². The van der Waals surface area contributed by atoms with Crippen LogP contribution >= 0.6 is 0 Å². The van der Waals surface area contributed by atoms with E-state index < -0.39 is 0 Å². The fourth-order valence-electron chi connectivity index (χ4n) is 0.354. The Morgan fingerprint density at radius 3 is 1.33 bits per heavy atom. The summed E-state index contributed by atoms with van der Waals surface area (Å²) in [6.07, 6.45) is 4.08. The van der Waals surface area contributed by atoms with Crippen LogP contribution in [0.15, 0.2) is 0 Å². The van der Waals surface area contributed by atoms with Gasteiger partial charge in [0.05, 0.1) is 0 Å². The van der Waals surface area contributed by atoms with Crippen LogP contribution < -0.4 is 0 Å². The van der Waals surface area contributed by atoms with Gasteiger partial charge >= 0.3 is 18.9 Å². The molecule has 1 heteroatoms. The summed E-state index contributed by atoms with van der Waals surface area (Å²) in [6.45, 7) is 4.42. The van der Waals surface area contributed by atoms with Crippen molar-refractivity contribution in [3.05, 3.63) is 0 Å². The molecule has 0 unspecified atom stereocenters. The molecule has 0 aromatic heterocycles. The Hall–Kier alpha value is 0.597. The second-order valence-corrected chi connectivity index (χ2v) is 1.35. The maximum atomic E-state index is 2.21. The monoisotopic (exact) mass is 80.1 g/mol. The van der Waals surface area contributed by atoms with Gasteiger partial charge in [0.15, 0.2) is 0 Å². The van der Waals surface area contributed by atoms with Crippen molar-refractivity contribution in [1.29, 1.82) is 0 Å². The quantitative estimate of drug-likeness (QED) is 0.441. The Morgan fingerprint density at radius 2 is 1.33 bits per heavy atom. The van der Waals surface area contributed by atoms with Crippen LogP contribution in [0.5, 0.6) is 0 Å². The molecule has 0 aliphatic rings. The summed E-state index contributed by atoms with van der Waals surface area (Å²) in [6, 6.07) is 0. The summed E-state index contributed by atoms with van der Waals surface area (Å²) in [5.74, 6) is 0. The van der Waals surface area contributed by atoms with E-state index in [1.807, 2.05) is 0 Å². The minimum absolute atomic E-state index is 0. The SMILES string of the molecule is CCCCC.[LiH]. The molecule has 0 aliphatic heterocycles. The van der Waals surface area contributed by atoms with Gasteiger partial charge in [-0.3, -0.25) is 0 Å². The fraction of sp³-hybridized carbons (Fsp3) is 1.00. The van der Waals surface area contributed by atoms with Gasteiger partial charge in [-0.25, -0.2) is 0 Å². The van der Waals surface area contributed by atoms with Gasteiger partial charge < -0.3 is 0 Å². The van der Waals surface area contributed by atoms with Crippen molar-refractivity contribution in [2.24, 2.45) is 0 Å². The molecule has 0 radical (unpaired) electrons. The van der Waals surface area contributed by atoms with E-state index in [9.17, 15) is 0 Å². The summed E-state index contributed by atoms with van der Waals surface area (Å²) in [4.78, 5) is 0. The van der Waals surface area contributed by atoms with Crippen LogP contribution in [0.2, 0.25) is 0 Å². The molecule has 0 spiro atoms. The van der Waals surface area contributed by atoms with E-state index in [1.54, 1.807) is 0 Å². The number of rotatable bonds is 2. The van der Waals surface area contributed by atoms with Crippen molar-refractivity contribution in [3.8, 4) is 0 Å². The molecule has 0 heterocycles. The molecule has 0 saturated heterocycles. The first-order valence-corrected chi connectivity index (χ1v) is 2.41. The van der Waals surface area contributed by atoms with E-state index in [4.69, 9.17) is 0 Å². The molecule has 0 rings (SSSR count). The summed E-state index contributed by atoms with van der Waals surface area (Å²) < 4.78 is 0. The van der Waals surface area contributed by atoms with E-state index >= 15 is 0 Å². The summed E-state index contributed by atoms with van der Waals surface area (Å²) in [5, 5.41) is 0. The Labute approximate surface area is 52.5 Å². The first-order chi connectivity index (χ1) is 2.41. The van der Waals surface area contributed by atoms with Crippen LogP contribution in [0.25, 0.3) is 0 Å². The number of unbranched alkanes of at least 4 members (excludes halogenated alkanes) is 2. The van der Waals surface area contributed by atoms with Gasteiger partial charge in [-0.1, -0.05) is 33.1 Å². The maximum absolute atomic E-state index is 2.21. The third-order valence-electron chi connectivity index (χ3n) is 0.707. The van der Waals surface area contributed by atoms with E-state index in [0.717, 1.165) is 0 Å². The van der Waals surface area contributed by atoms with Gasteiger partial charge in [0.2, 0.25) is 0 Å². The molecule has 0 aromatic rings. The molecule has 0 N–H and O–H groups in total. The second-order valence-electron chi connectivity index (χ2n) is 1.35. The predicted octanol–water partition coefficient (Wildman–Crippen LogP) is 1.55. The summed E-state index contributed by atoms with van der Waals surface area (Å²) in [5.41, 5.74) is 0. The third-order valence-corrected chi connectivity index (χ3v) is 0.707. The zero-order valence-electron chi connectivity index (χ0n) is 4.12. The van der Waals surface area contributed by atoms with E-state index in [0.29, 0.717) is 0 Å². The molecule has 0 aromatic carbocycles. The normalized spacial score (nSPS) is 7.00. The average Bonchev–Trinajstić information content (AvgIpc) is 1.41. The van der Waals surface area contributed by atoms with Crippen LogP contribution in [0.1, 0.15) is 33.1 Å².